The highest BCUT2D eigenvalue weighted by Crippen LogP contribution is 2.41. The summed E-state index contributed by atoms with van der Waals surface area (Å²) >= 11 is 5.66. The molecule has 2 N–H and O–H groups in total. The van der Waals surface area contributed by atoms with E-state index in [2.05, 4.69) is 29.9 Å². The Morgan fingerprint density at radius 2 is 1.81 bits per heavy atom. The van der Waals surface area contributed by atoms with Crippen molar-refractivity contribution in [3.8, 4) is 0 Å². The normalized spacial score (nSPS) is 25.1. The zero-order valence-electron chi connectivity index (χ0n) is 20.7. The van der Waals surface area contributed by atoms with Crippen LogP contribution in [-0.4, -0.2) is 82.1 Å². The average Bonchev–Trinajstić information content (AvgIpc) is 3.60. The average molecular weight is 563 g/mol. The van der Waals surface area contributed by atoms with Crippen LogP contribution in [0.3, 0.4) is 0 Å². The summed E-state index contributed by atoms with van der Waals surface area (Å²) in [6.45, 7) is 4.32. The molecule has 0 aromatic carbocycles. The molecule has 190 valence electrons. The maximum absolute atomic E-state index is 13.0. The zero-order chi connectivity index (χ0) is 25.8. The van der Waals surface area contributed by atoms with Crippen LogP contribution in [0.25, 0.3) is 0 Å². The Bertz CT molecular complexity index is 1300. The predicted molar refractivity (Wildman–Crippen MR) is 151 cm³/mol. The number of thioether (sulfide) groups is 3. The van der Waals surface area contributed by atoms with E-state index in [0.717, 1.165) is 11.4 Å². The summed E-state index contributed by atoms with van der Waals surface area (Å²) in [6, 6.07) is 0.0333. The van der Waals surface area contributed by atoms with Gasteiger partial charge in [0.2, 0.25) is 5.13 Å². The van der Waals surface area contributed by atoms with Crippen molar-refractivity contribution in [3.05, 3.63) is 32.3 Å². The highest BCUT2D eigenvalue weighted by Gasteiger charge is 2.39. The third-order valence-corrected chi connectivity index (χ3v) is 9.75. The van der Waals surface area contributed by atoms with E-state index in [9.17, 15) is 9.59 Å². The van der Waals surface area contributed by atoms with E-state index in [0.29, 0.717) is 41.8 Å². The van der Waals surface area contributed by atoms with Gasteiger partial charge in [-0.1, -0.05) is 48.7 Å². The lowest BCUT2D eigenvalue weighted by Crippen LogP contribution is -2.36. The number of rotatable bonds is 2. The smallest absolute Gasteiger partial charge is 0.265 e. The topological polar surface area (TPSA) is 115 Å². The lowest BCUT2D eigenvalue weighted by Gasteiger charge is -2.30. The number of aliphatic imine (C=N–C) groups is 3. The van der Waals surface area contributed by atoms with E-state index in [1.807, 2.05) is 0 Å². The molecule has 1 aromatic heterocycles. The maximum Gasteiger partial charge on any atom is 0.265 e. The molecule has 4 aliphatic heterocycles. The Morgan fingerprint density at radius 3 is 2.53 bits per heavy atom. The number of fused-ring (bicyclic) bond motifs is 7. The molecule has 0 aliphatic carbocycles. The molecule has 4 aliphatic rings. The van der Waals surface area contributed by atoms with E-state index in [-0.39, 0.29) is 29.7 Å². The number of carbonyl (C=O) groups is 2. The van der Waals surface area contributed by atoms with Crippen molar-refractivity contribution >= 4 is 79.1 Å². The SMILES string of the molecule is CN(C)C(=O)C1=C2Cc3nc(sc3C(=O)N(C)C)/N=C3\NC(=CS3)C(C)(C)C3CSC(=N3)/N=C(\N2)S1. The number of nitrogens with zero attached hydrogens (tertiary/aromatic N) is 6. The molecule has 0 saturated carbocycles. The molecule has 2 amide bonds. The highest BCUT2D eigenvalue weighted by atomic mass is 32.2. The van der Waals surface area contributed by atoms with Crippen molar-refractivity contribution in [2.75, 3.05) is 33.9 Å². The van der Waals surface area contributed by atoms with Gasteiger partial charge >= 0.3 is 0 Å². The van der Waals surface area contributed by atoms with Gasteiger partial charge in [0.05, 0.1) is 16.6 Å². The van der Waals surface area contributed by atoms with Gasteiger partial charge in [-0.3, -0.25) is 14.6 Å². The summed E-state index contributed by atoms with van der Waals surface area (Å²) < 4.78 is 0. The molecule has 1 atom stereocenters. The fourth-order valence-corrected chi connectivity index (χ4v) is 7.94. The quantitative estimate of drug-likeness (QED) is 0.565. The second-order valence-electron chi connectivity index (χ2n) is 9.45. The van der Waals surface area contributed by atoms with Crippen LogP contribution in [-0.2, 0) is 11.2 Å². The molecule has 1 unspecified atom stereocenters. The van der Waals surface area contributed by atoms with E-state index in [1.165, 1.54) is 44.7 Å². The molecule has 8 bridgehead atoms. The molecule has 10 nitrogen and oxygen atoms in total. The van der Waals surface area contributed by atoms with Gasteiger partial charge in [-0.05, 0) is 17.2 Å². The Labute approximate surface area is 226 Å². The molecular weight excluding hydrogens is 537 g/mol. The van der Waals surface area contributed by atoms with E-state index < -0.39 is 0 Å². The number of aromatic nitrogens is 1. The van der Waals surface area contributed by atoms with E-state index in [4.69, 9.17) is 20.0 Å². The van der Waals surface area contributed by atoms with Gasteiger partial charge in [0.15, 0.2) is 15.5 Å². The lowest BCUT2D eigenvalue weighted by atomic mass is 9.82. The van der Waals surface area contributed by atoms with Crippen molar-refractivity contribution < 1.29 is 9.59 Å². The van der Waals surface area contributed by atoms with Gasteiger partial charge in [0, 0.05) is 57.2 Å². The molecule has 0 saturated heterocycles. The summed E-state index contributed by atoms with van der Waals surface area (Å²) in [5, 5.41) is 11.3. The number of hydrogen-bond acceptors (Lipinski definition) is 12. The molecule has 5 heterocycles. The fraction of sp³-hybridized carbons (Fsp3) is 0.455. The van der Waals surface area contributed by atoms with E-state index >= 15 is 0 Å². The first kappa shape index (κ1) is 25.4. The number of carbonyl (C=O) groups excluding carboxylic acids is 2. The van der Waals surface area contributed by atoms with Crippen LogP contribution in [0.5, 0.6) is 0 Å². The van der Waals surface area contributed by atoms with Crippen molar-refractivity contribution in [1.82, 2.24) is 25.4 Å². The summed E-state index contributed by atoms with van der Waals surface area (Å²) in [6.07, 6.45) is 0.274. The van der Waals surface area contributed by atoms with Crippen LogP contribution >= 0.6 is 46.6 Å². The van der Waals surface area contributed by atoms with Crippen LogP contribution in [0, 0.1) is 5.41 Å². The van der Waals surface area contributed by atoms with Crippen LogP contribution in [0.4, 0.5) is 5.13 Å². The lowest BCUT2D eigenvalue weighted by molar-refractivity contribution is -0.124. The van der Waals surface area contributed by atoms with Crippen molar-refractivity contribution in [2.24, 2.45) is 20.4 Å². The van der Waals surface area contributed by atoms with Crippen LogP contribution in [0.1, 0.15) is 29.2 Å². The fourth-order valence-electron chi connectivity index (χ4n) is 3.77. The summed E-state index contributed by atoms with van der Waals surface area (Å²) in [5.74, 6) is 0.532. The number of likely N-dealkylation sites (N-methyl/N-ethyl adjacent to an activating group) is 1. The number of amidine groups is 3. The molecule has 0 fully saturated rings. The molecule has 14 heteroatoms. The molecule has 36 heavy (non-hydrogen) atoms. The number of nitrogens with one attached hydrogen (secondary N) is 2. The third-order valence-electron chi connectivity index (χ3n) is 6.05. The molecule has 1 aromatic rings. The number of amides is 2. The molecule has 0 spiro atoms. The maximum atomic E-state index is 13.0. The van der Waals surface area contributed by atoms with E-state index in [1.54, 1.807) is 40.0 Å². The first-order chi connectivity index (χ1) is 17.0. The minimum atomic E-state index is -0.262. The summed E-state index contributed by atoms with van der Waals surface area (Å²) in [4.78, 5) is 49.3. The van der Waals surface area contributed by atoms with Crippen LogP contribution in [0.2, 0.25) is 0 Å². The number of hydrogen-bond donors (Lipinski definition) is 2. The zero-order valence-corrected chi connectivity index (χ0v) is 24.0. The minimum Gasteiger partial charge on any atom is -0.344 e. The Hall–Kier alpha value is -2.29. The van der Waals surface area contributed by atoms with Gasteiger partial charge in [0.25, 0.3) is 11.8 Å². The van der Waals surface area contributed by atoms with Crippen molar-refractivity contribution in [1.29, 1.82) is 0 Å². The summed E-state index contributed by atoms with van der Waals surface area (Å²) in [7, 11) is 6.85. The van der Waals surface area contributed by atoms with Gasteiger partial charge in [0.1, 0.15) is 4.88 Å². The largest absolute Gasteiger partial charge is 0.344 e. The van der Waals surface area contributed by atoms with Gasteiger partial charge in [-0.15, -0.1) is 0 Å². The van der Waals surface area contributed by atoms with Gasteiger partial charge in [-0.25, -0.2) is 4.98 Å². The second kappa shape index (κ2) is 9.54. The summed E-state index contributed by atoms with van der Waals surface area (Å²) in [5.41, 5.74) is 2.02. The molecular formula is C22H26N8O2S4. The van der Waals surface area contributed by atoms with Gasteiger partial charge < -0.3 is 20.4 Å². The predicted octanol–water partition coefficient (Wildman–Crippen LogP) is 3.06. The first-order valence-corrected chi connectivity index (χ1v) is 14.7. The third kappa shape index (κ3) is 4.71. The Morgan fingerprint density at radius 1 is 1.06 bits per heavy atom. The van der Waals surface area contributed by atoms with Crippen LogP contribution < -0.4 is 10.6 Å². The minimum absolute atomic E-state index is 0.0333. The van der Waals surface area contributed by atoms with Crippen molar-refractivity contribution in [2.45, 2.75) is 26.3 Å². The Balaban J connectivity index is 1.63. The molecule has 0 radical (unpaired) electrons. The number of allylic oxidation sites excluding steroid dienone is 1. The van der Waals surface area contributed by atoms with Gasteiger partial charge in [-0.2, -0.15) is 9.98 Å². The standard InChI is InChI=1S/C22H26N8O2S4/c1-22(2)12-8-33-18(25-12)27-20-23-10(14(35-20)16(31)29(3)4)7-11-15(17(32)30(5)6)36-21(24-11)28-19-26-13(22)9-34-19/h8,13H,7,9H2,1-6H3,(H,23,25,27)(H,24,26,28). The number of thiazole rings is 1. The Kier molecular flexibility index (Phi) is 6.72. The highest BCUT2D eigenvalue weighted by molar-refractivity contribution is 8.18. The van der Waals surface area contributed by atoms with Crippen LogP contribution in [0.15, 0.2) is 36.7 Å². The first-order valence-electron chi connectivity index (χ1n) is 11.2. The monoisotopic (exact) mass is 562 g/mol. The second-order valence-corrected chi connectivity index (χ2v) is 13.3. The van der Waals surface area contributed by atoms with Crippen molar-refractivity contribution in [3.63, 3.8) is 0 Å². The molecule has 5 rings (SSSR count).